The molecule has 2 aromatic carbocycles. The van der Waals surface area contributed by atoms with Crippen LogP contribution in [0.3, 0.4) is 0 Å². The molecule has 104 valence electrons. The summed E-state index contributed by atoms with van der Waals surface area (Å²) in [5.41, 5.74) is 1.66. The van der Waals surface area contributed by atoms with Crippen molar-refractivity contribution in [1.82, 2.24) is 0 Å². The molecule has 3 rings (SSSR count). The van der Waals surface area contributed by atoms with Crippen molar-refractivity contribution in [3.8, 4) is 0 Å². The molecule has 0 fully saturated rings. The van der Waals surface area contributed by atoms with Gasteiger partial charge in [0.25, 0.3) is 0 Å². The molecule has 1 atom stereocenters. The molecule has 0 aliphatic carbocycles. The predicted octanol–water partition coefficient (Wildman–Crippen LogP) is 4.05. The number of fused-ring (bicyclic) bond motifs is 1. The Hall–Kier alpha value is -1.40. The predicted molar refractivity (Wildman–Crippen MR) is 84.9 cm³/mol. The topological polar surface area (TPSA) is 35.5 Å². The second kappa shape index (κ2) is 5.18. The average Bonchev–Trinajstić information content (AvgIpc) is 2.74. The molecule has 0 aromatic heterocycles. The molecule has 0 spiro atoms. The Morgan fingerprint density at radius 2 is 1.75 bits per heavy atom. The molecule has 1 aliphatic rings. The van der Waals surface area contributed by atoms with Crippen LogP contribution in [0, 0.1) is 3.57 Å². The van der Waals surface area contributed by atoms with Crippen molar-refractivity contribution in [3.63, 3.8) is 0 Å². The van der Waals surface area contributed by atoms with Crippen molar-refractivity contribution in [3.05, 3.63) is 69.3 Å². The third kappa shape index (κ3) is 2.23. The average molecular weight is 382 g/mol. The fourth-order valence-electron chi connectivity index (χ4n) is 2.32. The van der Waals surface area contributed by atoms with Crippen LogP contribution in [0.25, 0.3) is 0 Å². The van der Waals surface area contributed by atoms with Gasteiger partial charge in [0.1, 0.15) is 0 Å². The molecule has 0 bridgehead atoms. The standard InChI is InChI=1S/C16H15IO3/c1-12(18)19-17-15-11-7-6-10-14(15)16(2,20-17)13-8-4-3-5-9-13/h3-11H,1-2H3. The number of hydrogen-bond donors (Lipinski definition) is 0. The van der Waals surface area contributed by atoms with Crippen molar-refractivity contribution < 1.29 is 10.9 Å². The molecule has 0 amide bonds. The number of carbonyl (C=O) groups excluding carboxylic acids is 1. The molecular formula is C16H15IO3. The molecule has 4 heteroatoms. The van der Waals surface area contributed by atoms with E-state index in [2.05, 4.69) is 6.07 Å². The van der Waals surface area contributed by atoms with Crippen LogP contribution in [0.4, 0.5) is 0 Å². The summed E-state index contributed by atoms with van der Waals surface area (Å²) in [4.78, 5) is 11.3. The van der Waals surface area contributed by atoms with Crippen LogP contribution in [-0.2, 0) is 16.5 Å². The Kier molecular flexibility index (Phi) is 3.52. The number of carbonyl (C=O) groups is 1. The summed E-state index contributed by atoms with van der Waals surface area (Å²) in [6, 6.07) is 18.1. The van der Waals surface area contributed by atoms with Crippen LogP contribution < -0.4 is 0 Å². The fraction of sp³-hybridized carbons (Fsp3) is 0.188. The second-order valence-electron chi connectivity index (χ2n) is 4.74. The zero-order valence-corrected chi connectivity index (χ0v) is 13.5. The summed E-state index contributed by atoms with van der Waals surface area (Å²) in [6.07, 6.45) is 0. The zero-order chi connectivity index (χ0) is 14.2. The number of benzene rings is 2. The maximum absolute atomic E-state index is 11.3. The van der Waals surface area contributed by atoms with Crippen LogP contribution in [0.15, 0.2) is 54.6 Å². The van der Waals surface area contributed by atoms with Gasteiger partial charge in [0.2, 0.25) is 0 Å². The summed E-state index contributed by atoms with van der Waals surface area (Å²) in [7, 11) is 0. The van der Waals surface area contributed by atoms with Crippen LogP contribution in [0.2, 0.25) is 0 Å². The molecule has 1 heterocycles. The first kappa shape index (κ1) is 13.6. The number of rotatable bonds is 2. The van der Waals surface area contributed by atoms with Crippen molar-refractivity contribution >= 4 is 26.6 Å². The van der Waals surface area contributed by atoms with E-state index in [1.807, 2.05) is 55.5 Å². The zero-order valence-electron chi connectivity index (χ0n) is 11.3. The Bertz CT molecular complexity index is 641. The van der Waals surface area contributed by atoms with Gasteiger partial charge in [-0.15, -0.1) is 0 Å². The third-order valence-electron chi connectivity index (χ3n) is 3.28. The Labute approximate surface area is 126 Å². The quantitative estimate of drug-likeness (QED) is 0.736. The molecule has 20 heavy (non-hydrogen) atoms. The SMILES string of the molecule is CC(=O)OI1OC(C)(c2ccccc2)c2ccccc21. The van der Waals surface area contributed by atoms with Gasteiger partial charge < -0.3 is 0 Å². The molecule has 1 aliphatic heterocycles. The molecule has 0 saturated heterocycles. The van der Waals surface area contributed by atoms with Crippen molar-refractivity contribution in [1.29, 1.82) is 0 Å². The molecule has 1 unspecified atom stereocenters. The van der Waals surface area contributed by atoms with Gasteiger partial charge in [-0.05, 0) is 0 Å². The van der Waals surface area contributed by atoms with E-state index in [0.717, 1.165) is 14.7 Å². The Morgan fingerprint density at radius 1 is 1.10 bits per heavy atom. The van der Waals surface area contributed by atoms with Crippen molar-refractivity contribution in [2.24, 2.45) is 0 Å². The summed E-state index contributed by atoms with van der Waals surface area (Å²) >= 11 is -2.38. The minimum absolute atomic E-state index is 0.276. The monoisotopic (exact) mass is 382 g/mol. The van der Waals surface area contributed by atoms with E-state index in [9.17, 15) is 4.79 Å². The van der Waals surface area contributed by atoms with Gasteiger partial charge in [-0.2, -0.15) is 0 Å². The maximum atomic E-state index is 11.3. The van der Waals surface area contributed by atoms with Crippen molar-refractivity contribution in [2.45, 2.75) is 19.4 Å². The molecule has 0 N–H and O–H groups in total. The van der Waals surface area contributed by atoms with Gasteiger partial charge in [-0.25, -0.2) is 0 Å². The van der Waals surface area contributed by atoms with E-state index in [4.69, 9.17) is 6.13 Å². The van der Waals surface area contributed by atoms with E-state index in [0.29, 0.717) is 0 Å². The van der Waals surface area contributed by atoms with Crippen LogP contribution >= 0.6 is 20.6 Å². The van der Waals surface area contributed by atoms with Gasteiger partial charge in [0.15, 0.2) is 0 Å². The first-order chi connectivity index (χ1) is 9.61. The van der Waals surface area contributed by atoms with Crippen LogP contribution in [0.1, 0.15) is 25.0 Å². The van der Waals surface area contributed by atoms with E-state index in [-0.39, 0.29) is 5.97 Å². The van der Waals surface area contributed by atoms with Crippen LogP contribution in [-0.4, -0.2) is 5.97 Å². The second-order valence-corrected chi connectivity index (χ2v) is 8.03. The fourth-order valence-corrected chi connectivity index (χ4v) is 6.41. The molecule has 3 nitrogen and oxygen atoms in total. The number of hydrogen-bond acceptors (Lipinski definition) is 3. The van der Waals surface area contributed by atoms with E-state index >= 15 is 0 Å². The Balaban J connectivity index is 2.09. The van der Waals surface area contributed by atoms with Gasteiger partial charge >= 0.3 is 126 Å². The first-order valence-electron chi connectivity index (χ1n) is 6.35. The summed E-state index contributed by atoms with van der Waals surface area (Å²) in [5.74, 6) is -0.276. The first-order valence-corrected chi connectivity index (χ1v) is 9.19. The molecule has 0 radical (unpaired) electrons. The summed E-state index contributed by atoms with van der Waals surface area (Å²) < 4.78 is 12.7. The van der Waals surface area contributed by atoms with Crippen LogP contribution in [0.5, 0.6) is 0 Å². The van der Waals surface area contributed by atoms with Crippen molar-refractivity contribution in [2.75, 3.05) is 0 Å². The molecule has 0 saturated carbocycles. The normalized spacial score (nSPS) is 22.4. The van der Waals surface area contributed by atoms with Gasteiger partial charge in [0, 0.05) is 0 Å². The van der Waals surface area contributed by atoms with E-state index < -0.39 is 26.3 Å². The van der Waals surface area contributed by atoms with Gasteiger partial charge in [0.05, 0.1) is 0 Å². The number of halogens is 1. The van der Waals surface area contributed by atoms with Gasteiger partial charge in [-0.1, -0.05) is 0 Å². The third-order valence-corrected chi connectivity index (χ3v) is 7.47. The van der Waals surface area contributed by atoms with E-state index in [1.54, 1.807) is 0 Å². The Morgan fingerprint density at radius 3 is 2.45 bits per heavy atom. The van der Waals surface area contributed by atoms with E-state index in [1.165, 1.54) is 6.92 Å². The summed E-state index contributed by atoms with van der Waals surface area (Å²) in [5, 5.41) is 0. The molecular weight excluding hydrogens is 367 g/mol. The summed E-state index contributed by atoms with van der Waals surface area (Å²) in [6.45, 7) is 3.48. The minimum atomic E-state index is -2.38. The molecule has 2 aromatic rings. The van der Waals surface area contributed by atoms with Gasteiger partial charge in [-0.3, -0.25) is 0 Å².